The first-order valence-corrected chi connectivity index (χ1v) is 7.93. The second kappa shape index (κ2) is 5.59. The molecule has 2 aromatic carbocycles. The van der Waals surface area contributed by atoms with Crippen LogP contribution >= 0.6 is 0 Å². The summed E-state index contributed by atoms with van der Waals surface area (Å²) in [4.78, 5) is 19.7. The number of aromatic nitrogens is 3. The van der Waals surface area contributed by atoms with E-state index in [0.717, 1.165) is 32.9 Å². The number of nitrogen functional groups attached to an aromatic ring is 2. The van der Waals surface area contributed by atoms with Gasteiger partial charge in [-0.05, 0) is 30.7 Å². The molecule has 0 amide bonds. The molecule has 0 atom stereocenters. The van der Waals surface area contributed by atoms with E-state index in [-0.39, 0.29) is 11.7 Å². The van der Waals surface area contributed by atoms with Gasteiger partial charge in [0.1, 0.15) is 5.82 Å². The quantitative estimate of drug-likeness (QED) is 0.562. The fourth-order valence-corrected chi connectivity index (χ4v) is 3.13. The van der Waals surface area contributed by atoms with Gasteiger partial charge in [0.15, 0.2) is 5.78 Å². The molecule has 2 heterocycles. The highest BCUT2D eigenvalue weighted by molar-refractivity contribution is 6.10. The van der Waals surface area contributed by atoms with Crippen molar-refractivity contribution in [3.63, 3.8) is 0 Å². The van der Waals surface area contributed by atoms with Crippen molar-refractivity contribution in [2.24, 2.45) is 0 Å². The van der Waals surface area contributed by atoms with Crippen LogP contribution in [0.5, 0.6) is 0 Å². The Bertz CT molecular complexity index is 1110. The summed E-state index contributed by atoms with van der Waals surface area (Å²) in [7, 11) is 0. The number of benzene rings is 2. The number of anilines is 2. The smallest absolute Gasteiger partial charge is 0.222 e. The van der Waals surface area contributed by atoms with Crippen LogP contribution in [0.1, 0.15) is 22.8 Å². The first-order valence-electron chi connectivity index (χ1n) is 7.93. The second-order valence-electron chi connectivity index (χ2n) is 6.06. The minimum Gasteiger partial charge on any atom is -0.383 e. The van der Waals surface area contributed by atoms with Crippen molar-refractivity contribution < 1.29 is 4.79 Å². The monoisotopic (exact) mass is 331 g/mol. The third-order valence-corrected chi connectivity index (χ3v) is 4.37. The van der Waals surface area contributed by atoms with Crippen LogP contribution in [0.2, 0.25) is 0 Å². The van der Waals surface area contributed by atoms with Crippen molar-refractivity contribution in [2.75, 3.05) is 11.5 Å². The Morgan fingerprint density at radius 2 is 1.80 bits per heavy atom. The van der Waals surface area contributed by atoms with Gasteiger partial charge < -0.3 is 16.0 Å². The standard InChI is InChI=1S/C19H17N5O/c1-11(25)13-4-2-12(3-5-13)10-24-9-8-14-16(24)7-6-15-17(14)18(20)23-19(21)22-15/h2-9H,10H2,1H3,(H4,20,21,22,23). The second-order valence-corrected chi connectivity index (χ2v) is 6.06. The van der Waals surface area contributed by atoms with Gasteiger partial charge in [-0.15, -0.1) is 0 Å². The Hall–Kier alpha value is -3.41. The summed E-state index contributed by atoms with van der Waals surface area (Å²) in [5.41, 5.74) is 15.3. The van der Waals surface area contributed by atoms with Crippen molar-refractivity contribution in [1.82, 2.24) is 14.5 Å². The average molecular weight is 331 g/mol. The Kier molecular flexibility index (Phi) is 3.39. The average Bonchev–Trinajstić information content (AvgIpc) is 2.97. The van der Waals surface area contributed by atoms with Crippen molar-refractivity contribution in [2.45, 2.75) is 13.5 Å². The van der Waals surface area contributed by atoms with Gasteiger partial charge in [-0.1, -0.05) is 24.3 Å². The molecule has 0 saturated carbocycles. The molecule has 6 nitrogen and oxygen atoms in total. The highest BCUT2D eigenvalue weighted by atomic mass is 16.1. The van der Waals surface area contributed by atoms with E-state index in [1.165, 1.54) is 0 Å². The molecule has 4 N–H and O–H groups in total. The number of rotatable bonds is 3. The first-order chi connectivity index (χ1) is 12.0. The van der Waals surface area contributed by atoms with E-state index in [1.54, 1.807) is 6.92 Å². The lowest BCUT2D eigenvalue weighted by molar-refractivity contribution is 0.101. The maximum atomic E-state index is 11.4. The van der Waals surface area contributed by atoms with Gasteiger partial charge in [-0.2, -0.15) is 4.98 Å². The third kappa shape index (κ3) is 2.57. The molecule has 0 radical (unpaired) electrons. The summed E-state index contributed by atoms with van der Waals surface area (Å²) in [6.45, 7) is 2.27. The highest BCUT2D eigenvalue weighted by Crippen LogP contribution is 2.29. The van der Waals surface area contributed by atoms with E-state index in [1.807, 2.05) is 48.7 Å². The number of hydrogen-bond acceptors (Lipinski definition) is 5. The number of fused-ring (bicyclic) bond motifs is 3. The molecular formula is C19H17N5O. The molecule has 25 heavy (non-hydrogen) atoms. The predicted molar refractivity (Wildman–Crippen MR) is 99.4 cm³/mol. The molecule has 2 aromatic heterocycles. The van der Waals surface area contributed by atoms with Crippen molar-refractivity contribution in [3.05, 3.63) is 59.8 Å². The third-order valence-electron chi connectivity index (χ3n) is 4.37. The summed E-state index contributed by atoms with van der Waals surface area (Å²) >= 11 is 0. The molecule has 0 aliphatic heterocycles. The number of hydrogen-bond donors (Lipinski definition) is 2. The number of carbonyl (C=O) groups excluding carboxylic acids is 1. The molecule has 0 unspecified atom stereocenters. The molecule has 0 spiro atoms. The zero-order valence-electron chi connectivity index (χ0n) is 13.7. The maximum Gasteiger partial charge on any atom is 0.222 e. The topological polar surface area (TPSA) is 99.8 Å². The Morgan fingerprint density at radius 1 is 1.04 bits per heavy atom. The number of nitrogens with zero attached hydrogens (tertiary/aromatic N) is 3. The highest BCUT2D eigenvalue weighted by Gasteiger charge is 2.11. The van der Waals surface area contributed by atoms with Crippen LogP contribution in [0, 0.1) is 0 Å². The molecule has 4 rings (SSSR count). The lowest BCUT2D eigenvalue weighted by Crippen LogP contribution is -2.01. The van der Waals surface area contributed by atoms with Crippen LogP contribution < -0.4 is 11.5 Å². The molecule has 0 saturated heterocycles. The molecule has 4 aromatic rings. The minimum atomic E-state index is 0.0687. The Balaban J connectivity index is 1.78. The van der Waals surface area contributed by atoms with Crippen LogP contribution in [0.3, 0.4) is 0 Å². The van der Waals surface area contributed by atoms with Crippen molar-refractivity contribution in [1.29, 1.82) is 0 Å². The van der Waals surface area contributed by atoms with Gasteiger partial charge in [-0.3, -0.25) is 4.79 Å². The maximum absolute atomic E-state index is 11.4. The molecular weight excluding hydrogens is 314 g/mol. The molecule has 0 fully saturated rings. The van der Waals surface area contributed by atoms with Crippen molar-refractivity contribution in [3.8, 4) is 0 Å². The van der Waals surface area contributed by atoms with Crippen molar-refractivity contribution >= 4 is 39.4 Å². The van der Waals surface area contributed by atoms with Gasteiger partial charge in [0.2, 0.25) is 5.95 Å². The lowest BCUT2D eigenvalue weighted by atomic mass is 10.1. The van der Waals surface area contributed by atoms with E-state index in [9.17, 15) is 4.79 Å². The largest absolute Gasteiger partial charge is 0.383 e. The summed E-state index contributed by atoms with van der Waals surface area (Å²) in [6, 6.07) is 13.6. The van der Waals surface area contributed by atoms with E-state index in [4.69, 9.17) is 11.5 Å². The number of carbonyl (C=O) groups is 1. The van der Waals surface area contributed by atoms with Gasteiger partial charge >= 0.3 is 0 Å². The summed E-state index contributed by atoms with van der Waals surface area (Å²) in [5, 5.41) is 1.81. The first kappa shape index (κ1) is 15.1. The Labute approximate surface area is 144 Å². The van der Waals surface area contributed by atoms with E-state index in [2.05, 4.69) is 14.5 Å². The molecule has 124 valence electrons. The zero-order valence-corrected chi connectivity index (χ0v) is 13.7. The van der Waals surface area contributed by atoms with Gasteiger partial charge in [-0.25, -0.2) is 4.98 Å². The molecule has 6 heteroatoms. The van der Waals surface area contributed by atoms with E-state index < -0.39 is 0 Å². The summed E-state index contributed by atoms with van der Waals surface area (Å²) < 4.78 is 2.13. The zero-order chi connectivity index (χ0) is 17.6. The van der Waals surface area contributed by atoms with Gasteiger partial charge in [0, 0.05) is 29.2 Å². The predicted octanol–water partition coefficient (Wildman–Crippen LogP) is 3.00. The SMILES string of the molecule is CC(=O)c1ccc(Cn2ccc3c4c(N)nc(N)nc4ccc32)cc1. The summed E-state index contributed by atoms with van der Waals surface area (Å²) in [5.74, 6) is 0.630. The fraction of sp³-hybridized carbons (Fsp3) is 0.105. The minimum absolute atomic E-state index is 0.0687. The van der Waals surface area contributed by atoms with Crippen LogP contribution in [0.25, 0.3) is 21.8 Å². The van der Waals surface area contributed by atoms with Gasteiger partial charge in [0.05, 0.1) is 10.9 Å². The lowest BCUT2D eigenvalue weighted by Gasteiger charge is -2.08. The normalized spacial score (nSPS) is 11.2. The number of nitrogens with two attached hydrogens (primary N) is 2. The van der Waals surface area contributed by atoms with Crippen LogP contribution in [0.4, 0.5) is 11.8 Å². The fourth-order valence-electron chi connectivity index (χ4n) is 3.13. The number of Topliss-reactive ketones (excluding diaryl/α,β-unsaturated/α-hetero) is 1. The Morgan fingerprint density at radius 3 is 2.52 bits per heavy atom. The van der Waals surface area contributed by atoms with E-state index >= 15 is 0 Å². The van der Waals surface area contributed by atoms with Crippen LogP contribution in [0.15, 0.2) is 48.7 Å². The summed E-state index contributed by atoms with van der Waals surface area (Å²) in [6.07, 6.45) is 2.01. The molecule has 0 aliphatic rings. The van der Waals surface area contributed by atoms with Gasteiger partial charge in [0.25, 0.3) is 0 Å². The van der Waals surface area contributed by atoms with Crippen LogP contribution in [-0.4, -0.2) is 20.3 Å². The van der Waals surface area contributed by atoms with Crippen LogP contribution in [-0.2, 0) is 6.54 Å². The molecule has 0 aliphatic carbocycles. The van der Waals surface area contributed by atoms with E-state index in [0.29, 0.717) is 12.4 Å². The number of ketones is 1. The molecule has 0 bridgehead atoms.